The van der Waals surface area contributed by atoms with E-state index in [1.165, 1.54) is 17.7 Å². The SMILES string of the molecule is C=CCC(C)N1CCc2ccccc21. The summed E-state index contributed by atoms with van der Waals surface area (Å²) in [7, 11) is 0. The Morgan fingerprint density at radius 1 is 1.50 bits per heavy atom. The highest BCUT2D eigenvalue weighted by molar-refractivity contribution is 5.58. The Balaban J connectivity index is 2.21. The van der Waals surface area contributed by atoms with Crippen LogP contribution in [0.1, 0.15) is 18.9 Å². The van der Waals surface area contributed by atoms with Crippen LogP contribution in [0.2, 0.25) is 0 Å². The van der Waals surface area contributed by atoms with Gasteiger partial charge in [0.25, 0.3) is 0 Å². The molecule has 0 bridgehead atoms. The van der Waals surface area contributed by atoms with Gasteiger partial charge >= 0.3 is 0 Å². The second-order valence-electron chi connectivity index (χ2n) is 3.95. The molecule has 1 aliphatic heterocycles. The molecule has 0 aromatic heterocycles. The molecule has 0 spiro atoms. The van der Waals surface area contributed by atoms with Crippen LogP contribution < -0.4 is 4.90 Å². The zero-order chi connectivity index (χ0) is 9.97. The van der Waals surface area contributed by atoms with E-state index in [1.54, 1.807) is 0 Å². The highest BCUT2D eigenvalue weighted by atomic mass is 15.2. The third-order valence-corrected chi connectivity index (χ3v) is 2.96. The number of para-hydroxylation sites is 1. The van der Waals surface area contributed by atoms with Gasteiger partial charge in [-0.05, 0) is 31.4 Å². The zero-order valence-electron chi connectivity index (χ0n) is 8.74. The highest BCUT2D eigenvalue weighted by Gasteiger charge is 2.21. The second-order valence-corrected chi connectivity index (χ2v) is 3.95. The molecule has 1 aliphatic rings. The van der Waals surface area contributed by atoms with Crippen LogP contribution in [0.15, 0.2) is 36.9 Å². The van der Waals surface area contributed by atoms with Crippen molar-refractivity contribution in [3.63, 3.8) is 0 Å². The summed E-state index contributed by atoms with van der Waals surface area (Å²) in [5.74, 6) is 0. The number of rotatable bonds is 3. The van der Waals surface area contributed by atoms with E-state index in [-0.39, 0.29) is 0 Å². The minimum atomic E-state index is 0.580. The molecule has 2 rings (SSSR count). The minimum absolute atomic E-state index is 0.580. The second kappa shape index (κ2) is 3.87. The normalized spacial score (nSPS) is 16.5. The van der Waals surface area contributed by atoms with Crippen molar-refractivity contribution < 1.29 is 0 Å². The molecule has 1 aromatic rings. The number of nitrogens with zero attached hydrogens (tertiary/aromatic N) is 1. The van der Waals surface area contributed by atoms with Crippen molar-refractivity contribution in [1.82, 2.24) is 0 Å². The van der Waals surface area contributed by atoms with Gasteiger partial charge in [0.2, 0.25) is 0 Å². The van der Waals surface area contributed by atoms with Crippen molar-refractivity contribution in [3.05, 3.63) is 42.5 Å². The van der Waals surface area contributed by atoms with Crippen LogP contribution in [0.3, 0.4) is 0 Å². The molecular weight excluding hydrogens is 170 g/mol. The van der Waals surface area contributed by atoms with Crippen LogP contribution in [0, 0.1) is 0 Å². The molecule has 14 heavy (non-hydrogen) atoms. The molecule has 1 heterocycles. The summed E-state index contributed by atoms with van der Waals surface area (Å²) in [6.07, 6.45) is 4.26. The molecule has 1 aromatic carbocycles. The maximum absolute atomic E-state index is 3.80. The molecule has 0 aliphatic carbocycles. The lowest BCUT2D eigenvalue weighted by Gasteiger charge is -2.26. The third-order valence-electron chi connectivity index (χ3n) is 2.96. The van der Waals surface area contributed by atoms with Crippen molar-refractivity contribution in [2.24, 2.45) is 0 Å². The number of fused-ring (bicyclic) bond motifs is 1. The van der Waals surface area contributed by atoms with Gasteiger partial charge in [-0.25, -0.2) is 0 Å². The summed E-state index contributed by atoms with van der Waals surface area (Å²) in [6, 6.07) is 9.28. The van der Waals surface area contributed by atoms with E-state index in [1.807, 2.05) is 6.08 Å². The van der Waals surface area contributed by atoms with E-state index in [2.05, 4.69) is 42.7 Å². The predicted molar refractivity (Wildman–Crippen MR) is 61.8 cm³/mol. The van der Waals surface area contributed by atoms with Gasteiger partial charge in [-0.15, -0.1) is 6.58 Å². The molecule has 0 amide bonds. The molecule has 0 radical (unpaired) electrons. The average Bonchev–Trinajstić information content (AvgIpc) is 2.61. The summed E-state index contributed by atoms with van der Waals surface area (Å²) < 4.78 is 0. The number of hydrogen-bond donors (Lipinski definition) is 0. The van der Waals surface area contributed by atoms with Crippen molar-refractivity contribution in [1.29, 1.82) is 0 Å². The first-order valence-electron chi connectivity index (χ1n) is 5.28. The average molecular weight is 187 g/mol. The van der Waals surface area contributed by atoms with E-state index < -0.39 is 0 Å². The largest absolute Gasteiger partial charge is 0.368 e. The summed E-state index contributed by atoms with van der Waals surface area (Å²) in [6.45, 7) is 7.23. The van der Waals surface area contributed by atoms with Gasteiger partial charge in [0.15, 0.2) is 0 Å². The Hall–Kier alpha value is -1.24. The van der Waals surface area contributed by atoms with Gasteiger partial charge in [-0.3, -0.25) is 0 Å². The van der Waals surface area contributed by atoms with Gasteiger partial charge in [0, 0.05) is 18.3 Å². The quantitative estimate of drug-likeness (QED) is 0.657. The lowest BCUT2D eigenvalue weighted by atomic mass is 10.1. The van der Waals surface area contributed by atoms with Crippen molar-refractivity contribution in [2.75, 3.05) is 11.4 Å². The molecule has 1 heteroatoms. The van der Waals surface area contributed by atoms with E-state index >= 15 is 0 Å². The molecule has 0 N–H and O–H groups in total. The number of anilines is 1. The number of hydrogen-bond acceptors (Lipinski definition) is 1. The lowest BCUT2D eigenvalue weighted by molar-refractivity contribution is 0.663. The topological polar surface area (TPSA) is 3.24 Å². The van der Waals surface area contributed by atoms with Crippen molar-refractivity contribution >= 4 is 5.69 Å². The number of benzene rings is 1. The zero-order valence-corrected chi connectivity index (χ0v) is 8.74. The van der Waals surface area contributed by atoms with Gasteiger partial charge in [-0.1, -0.05) is 24.3 Å². The van der Waals surface area contributed by atoms with Crippen LogP contribution in [0.4, 0.5) is 5.69 Å². The molecule has 0 fully saturated rings. The maximum Gasteiger partial charge on any atom is 0.0402 e. The monoisotopic (exact) mass is 187 g/mol. The standard InChI is InChI=1S/C13H17N/c1-3-6-11(2)14-10-9-12-7-4-5-8-13(12)14/h3-5,7-8,11H,1,6,9-10H2,2H3. The highest BCUT2D eigenvalue weighted by Crippen LogP contribution is 2.29. The Labute approximate surface area is 86.1 Å². The molecule has 1 unspecified atom stereocenters. The molecule has 74 valence electrons. The molecule has 1 atom stereocenters. The van der Waals surface area contributed by atoms with Crippen LogP contribution in [-0.2, 0) is 6.42 Å². The lowest BCUT2D eigenvalue weighted by Crippen LogP contribution is -2.30. The van der Waals surface area contributed by atoms with E-state index in [0.717, 1.165) is 13.0 Å². The molecular formula is C13H17N. The summed E-state index contributed by atoms with van der Waals surface area (Å²) >= 11 is 0. The van der Waals surface area contributed by atoms with Gasteiger partial charge in [-0.2, -0.15) is 0 Å². The van der Waals surface area contributed by atoms with E-state index in [9.17, 15) is 0 Å². The van der Waals surface area contributed by atoms with Crippen LogP contribution >= 0.6 is 0 Å². The third kappa shape index (κ3) is 1.54. The molecule has 0 saturated carbocycles. The fraction of sp³-hybridized carbons (Fsp3) is 0.385. The van der Waals surface area contributed by atoms with Crippen molar-refractivity contribution in [2.45, 2.75) is 25.8 Å². The van der Waals surface area contributed by atoms with Gasteiger partial charge < -0.3 is 4.90 Å². The van der Waals surface area contributed by atoms with Gasteiger partial charge in [0.05, 0.1) is 0 Å². The summed E-state index contributed by atoms with van der Waals surface area (Å²) in [5.41, 5.74) is 2.91. The van der Waals surface area contributed by atoms with Gasteiger partial charge in [0.1, 0.15) is 0 Å². The van der Waals surface area contributed by atoms with Crippen LogP contribution in [-0.4, -0.2) is 12.6 Å². The Morgan fingerprint density at radius 2 is 2.29 bits per heavy atom. The first-order valence-corrected chi connectivity index (χ1v) is 5.28. The van der Waals surface area contributed by atoms with Crippen LogP contribution in [0.25, 0.3) is 0 Å². The fourth-order valence-electron chi connectivity index (χ4n) is 2.19. The molecule has 1 nitrogen and oxygen atoms in total. The maximum atomic E-state index is 3.80. The first-order chi connectivity index (χ1) is 6.83. The predicted octanol–water partition coefficient (Wildman–Crippen LogP) is 3.01. The Morgan fingerprint density at radius 3 is 3.07 bits per heavy atom. The summed E-state index contributed by atoms with van der Waals surface area (Å²) in [5, 5.41) is 0. The fourth-order valence-corrected chi connectivity index (χ4v) is 2.19. The minimum Gasteiger partial charge on any atom is -0.368 e. The van der Waals surface area contributed by atoms with Crippen molar-refractivity contribution in [3.8, 4) is 0 Å². The first kappa shape index (κ1) is 9.32. The van der Waals surface area contributed by atoms with E-state index in [4.69, 9.17) is 0 Å². The smallest absolute Gasteiger partial charge is 0.0402 e. The molecule has 0 saturated heterocycles. The summed E-state index contributed by atoms with van der Waals surface area (Å²) in [4.78, 5) is 2.48. The Kier molecular flexibility index (Phi) is 2.58. The Bertz CT molecular complexity index is 330. The van der Waals surface area contributed by atoms with Crippen LogP contribution in [0.5, 0.6) is 0 Å². The van der Waals surface area contributed by atoms with E-state index in [0.29, 0.717) is 6.04 Å².